The Morgan fingerprint density at radius 1 is 1.00 bits per heavy atom. The van der Waals surface area contributed by atoms with E-state index in [0.29, 0.717) is 0 Å². The van der Waals surface area contributed by atoms with Crippen LogP contribution in [0.4, 0.5) is 0 Å². The fraction of sp³-hybridized carbons (Fsp3) is 0.304. The van der Waals surface area contributed by atoms with Gasteiger partial charge >= 0.3 is 0 Å². The monoisotopic (exact) mass is 417 g/mol. The predicted octanol–water partition coefficient (Wildman–Crippen LogP) is 5.71. The Hall–Kier alpha value is -2.31. The molecule has 2 aromatic heterocycles. The van der Waals surface area contributed by atoms with Crippen LogP contribution in [0, 0.1) is 5.41 Å². The van der Waals surface area contributed by atoms with Crippen LogP contribution in [0.25, 0.3) is 21.3 Å². The minimum absolute atomic E-state index is 0.160. The number of hydrogen-bond acceptors (Lipinski definition) is 6. The zero-order chi connectivity index (χ0) is 19.8. The van der Waals surface area contributed by atoms with E-state index in [4.69, 9.17) is 9.97 Å². The number of nitrogens with zero attached hydrogens (tertiary/aromatic N) is 3. The maximum absolute atomic E-state index is 13.8. The third-order valence-corrected chi connectivity index (χ3v) is 9.04. The van der Waals surface area contributed by atoms with Gasteiger partial charge < -0.3 is 0 Å². The van der Waals surface area contributed by atoms with Crippen molar-refractivity contribution in [2.24, 2.45) is 5.41 Å². The maximum atomic E-state index is 13.8. The highest BCUT2D eigenvalue weighted by Gasteiger charge is 2.67. The van der Waals surface area contributed by atoms with E-state index in [1.165, 1.54) is 11.8 Å². The quantitative estimate of drug-likeness (QED) is 0.391. The molecular formula is C23H19N3OS2. The average molecular weight is 418 g/mol. The lowest BCUT2D eigenvalue weighted by molar-refractivity contribution is -0.118. The summed E-state index contributed by atoms with van der Waals surface area (Å²) in [4.78, 5) is 28.5. The van der Waals surface area contributed by atoms with Crippen LogP contribution in [0.15, 0.2) is 52.9 Å². The van der Waals surface area contributed by atoms with Gasteiger partial charge in [0.15, 0.2) is 4.34 Å². The molecule has 2 heterocycles. The Labute approximate surface area is 176 Å². The first-order valence-corrected chi connectivity index (χ1v) is 11.5. The molecule has 1 saturated carbocycles. The van der Waals surface area contributed by atoms with Gasteiger partial charge in [-0.05, 0) is 54.3 Å². The number of para-hydroxylation sites is 3. The topological polar surface area (TPSA) is 55.7 Å². The van der Waals surface area contributed by atoms with Gasteiger partial charge in [0, 0.05) is 5.92 Å². The van der Waals surface area contributed by atoms with Crippen LogP contribution in [-0.2, 0) is 10.2 Å². The summed E-state index contributed by atoms with van der Waals surface area (Å²) in [5.41, 5.74) is 3.85. The van der Waals surface area contributed by atoms with Gasteiger partial charge in [-0.3, -0.25) is 4.79 Å². The largest absolute Gasteiger partial charge is 0.286 e. The van der Waals surface area contributed by atoms with Crippen LogP contribution in [0.5, 0.6) is 0 Å². The fourth-order valence-electron chi connectivity index (χ4n) is 5.34. The van der Waals surface area contributed by atoms with Crippen molar-refractivity contribution in [3.63, 3.8) is 0 Å². The van der Waals surface area contributed by atoms with E-state index in [-0.39, 0.29) is 16.4 Å². The number of thiazole rings is 1. The summed E-state index contributed by atoms with van der Waals surface area (Å²) >= 11 is 2.87. The van der Waals surface area contributed by atoms with Crippen molar-refractivity contribution in [1.29, 1.82) is 0 Å². The zero-order valence-electron chi connectivity index (χ0n) is 16.2. The number of thioether (sulfide) groups is 1. The van der Waals surface area contributed by atoms with Crippen LogP contribution < -0.4 is 0 Å². The van der Waals surface area contributed by atoms with Crippen LogP contribution in [0.3, 0.4) is 0 Å². The van der Waals surface area contributed by atoms with E-state index in [0.717, 1.165) is 49.8 Å². The van der Waals surface area contributed by atoms with E-state index in [1.807, 2.05) is 42.5 Å². The minimum atomic E-state index is -0.605. The molecule has 0 radical (unpaired) electrons. The Bertz CT molecular complexity index is 1280. The van der Waals surface area contributed by atoms with Gasteiger partial charge in [-0.25, -0.2) is 15.0 Å². The van der Waals surface area contributed by atoms with Gasteiger partial charge in [0.1, 0.15) is 0 Å². The standard InChI is InChI=1S/C23H19N3OS2/c1-22(2)13-11-12-23(22,19-18(13)24-14-7-3-4-8-15(14)25-19)20(27)29-21-26-16-9-5-6-10-17(16)28-21/h3-10,13H,11-12H2,1-2H3. The van der Waals surface area contributed by atoms with Gasteiger partial charge in [-0.15, -0.1) is 11.3 Å². The van der Waals surface area contributed by atoms with E-state index >= 15 is 0 Å². The summed E-state index contributed by atoms with van der Waals surface area (Å²) in [5.74, 6) is 0.273. The molecule has 2 atom stereocenters. The lowest BCUT2D eigenvalue weighted by atomic mass is 9.69. The number of benzene rings is 2. The second-order valence-corrected chi connectivity index (χ2v) is 10.8. The van der Waals surface area contributed by atoms with Gasteiger partial charge in [0.2, 0.25) is 5.12 Å². The predicted molar refractivity (Wildman–Crippen MR) is 117 cm³/mol. The minimum Gasteiger partial charge on any atom is -0.286 e. The molecule has 0 aliphatic heterocycles. The fourth-order valence-corrected chi connectivity index (χ4v) is 7.64. The second-order valence-electron chi connectivity index (χ2n) is 8.50. The van der Waals surface area contributed by atoms with E-state index in [9.17, 15) is 4.79 Å². The Morgan fingerprint density at radius 2 is 1.69 bits per heavy atom. The lowest BCUT2D eigenvalue weighted by Crippen LogP contribution is -2.42. The molecule has 1 fully saturated rings. The Kier molecular flexibility index (Phi) is 3.55. The molecule has 4 aromatic rings. The normalized spacial score (nSPS) is 24.3. The average Bonchev–Trinajstić information content (AvgIpc) is 3.30. The molecule has 2 unspecified atom stereocenters. The summed E-state index contributed by atoms with van der Waals surface area (Å²) in [6.45, 7) is 4.44. The van der Waals surface area contributed by atoms with E-state index in [2.05, 4.69) is 24.9 Å². The molecule has 6 heteroatoms. The first-order chi connectivity index (χ1) is 14.0. The van der Waals surface area contributed by atoms with E-state index < -0.39 is 5.41 Å². The molecule has 4 nitrogen and oxygen atoms in total. The molecule has 29 heavy (non-hydrogen) atoms. The van der Waals surface area contributed by atoms with Crippen LogP contribution in [0.1, 0.15) is 44.0 Å². The van der Waals surface area contributed by atoms with Crippen molar-refractivity contribution in [2.75, 3.05) is 0 Å². The highest BCUT2D eigenvalue weighted by Crippen LogP contribution is 2.68. The summed E-state index contributed by atoms with van der Waals surface area (Å²) in [5, 5.41) is 0.160. The third-order valence-electron chi connectivity index (χ3n) is 6.91. The van der Waals surface area contributed by atoms with Gasteiger partial charge in [0.05, 0.1) is 38.1 Å². The van der Waals surface area contributed by atoms with Crippen molar-refractivity contribution < 1.29 is 4.79 Å². The number of hydrogen-bond donors (Lipinski definition) is 0. The number of carbonyl (C=O) groups excluding carboxylic acids is 1. The SMILES string of the molecule is CC1(C)C2CCC1(C(=O)Sc1nc3ccccc3s1)c1nc3ccccc3nc12. The molecule has 2 aromatic carbocycles. The number of rotatable bonds is 2. The van der Waals surface area contributed by atoms with Crippen LogP contribution >= 0.6 is 23.1 Å². The number of fused-ring (bicyclic) bond motifs is 7. The Morgan fingerprint density at radius 3 is 2.45 bits per heavy atom. The van der Waals surface area contributed by atoms with Crippen molar-refractivity contribution >= 4 is 49.5 Å². The first kappa shape index (κ1) is 17.5. The number of carbonyl (C=O) groups is 1. The lowest BCUT2D eigenvalue weighted by Gasteiger charge is -2.35. The van der Waals surface area contributed by atoms with Crippen molar-refractivity contribution in [2.45, 2.75) is 42.4 Å². The van der Waals surface area contributed by atoms with Crippen molar-refractivity contribution in [3.8, 4) is 0 Å². The van der Waals surface area contributed by atoms with Crippen molar-refractivity contribution in [3.05, 3.63) is 59.9 Å². The smallest absolute Gasteiger partial charge is 0.208 e. The molecule has 2 bridgehead atoms. The molecule has 6 rings (SSSR count). The molecule has 2 aliphatic carbocycles. The molecule has 0 N–H and O–H groups in total. The van der Waals surface area contributed by atoms with E-state index in [1.54, 1.807) is 11.3 Å². The summed E-state index contributed by atoms with van der Waals surface area (Å²) in [6.07, 6.45) is 1.82. The third kappa shape index (κ3) is 2.21. The van der Waals surface area contributed by atoms with Crippen LogP contribution in [0.2, 0.25) is 0 Å². The molecular weight excluding hydrogens is 398 g/mol. The maximum Gasteiger partial charge on any atom is 0.208 e. The highest BCUT2D eigenvalue weighted by atomic mass is 32.2. The van der Waals surface area contributed by atoms with Gasteiger partial charge in [0.25, 0.3) is 0 Å². The first-order valence-electron chi connectivity index (χ1n) is 9.86. The van der Waals surface area contributed by atoms with Gasteiger partial charge in [-0.1, -0.05) is 38.1 Å². The van der Waals surface area contributed by atoms with Gasteiger partial charge in [-0.2, -0.15) is 0 Å². The Balaban J connectivity index is 1.49. The molecule has 0 amide bonds. The molecule has 0 spiro atoms. The summed E-state index contributed by atoms with van der Waals surface area (Å²) in [7, 11) is 0. The number of aromatic nitrogens is 3. The molecule has 144 valence electrons. The van der Waals surface area contributed by atoms with Crippen molar-refractivity contribution in [1.82, 2.24) is 15.0 Å². The highest BCUT2D eigenvalue weighted by molar-refractivity contribution is 8.15. The van der Waals surface area contributed by atoms with Crippen LogP contribution in [-0.4, -0.2) is 20.1 Å². The molecule has 2 aliphatic rings. The summed E-state index contributed by atoms with van der Waals surface area (Å²) < 4.78 is 1.92. The molecule has 0 saturated heterocycles. The zero-order valence-corrected chi connectivity index (χ0v) is 17.8. The summed E-state index contributed by atoms with van der Waals surface area (Å²) in [6, 6.07) is 16.0. The second kappa shape index (κ2) is 5.86.